The minimum Gasteiger partial charge on any atom is -0.384 e. The number of aryl methyl sites for hydroxylation is 1. The molecule has 0 atom stereocenters. The Morgan fingerprint density at radius 2 is 2.18 bits per heavy atom. The zero-order valence-corrected chi connectivity index (χ0v) is 7.57. The van der Waals surface area contributed by atoms with Crippen molar-refractivity contribution in [2.75, 3.05) is 11.9 Å². The van der Waals surface area contributed by atoms with Crippen molar-refractivity contribution in [1.29, 1.82) is 0 Å². The third-order valence-corrected chi connectivity index (χ3v) is 1.82. The maximum absolute atomic E-state index is 5.91. The Balaban J connectivity index is 2.93. The van der Waals surface area contributed by atoms with E-state index in [0.717, 1.165) is 17.3 Å². The highest BCUT2D eigenvalue weighted by Crippen LogP contribution is 2.22. The summed E-state index contributed by atoms with van der Waals surface area (Å²) in [6.45, 7) is 5.01. The quantitative estimate of drug-likeness (QED) is 0.718. The van der Waals surface area contributed by atoms with Crippen LogP contribution in [0, 0.1) is 6.92 Å². The van der Waals surface area contributed by atoms with Crippen LogP contribution in [0.3, 0.4) is 0 Å². The van der Waals surface area contributed by atoms with Gasteiger partial charge in [0.2, 0.25) is 0 Å². The molecule has 0 aliphatic heterocycles. The molecule has 1 N–H and O–H groups in total. The van der Waals surface area contributed by atoms with E-state index in [-0.39, 0.29) is 0 Å². The third kappa shape index (κ3) is 2.12. The van der Waals surface area contributed by atoms with Crippen LogP contribution >= 0.6 is 11.6 Å². The van der Waals surface area contributed by atoms with Crippen molar-refractivity contribution in [3.8, 4) is 0 Å². The van der Waals surface area contributed by atoms with Gasteiger partial charge in [-0.3, -0.25) is 0 Å². The van der Waals surface area contributed by atoms with E-state index in [1.165, 1.54) is 5.56 Å². The number of benzene rings is 1. The predicted molar refractivity (Wildman–Crippen MR) is 50.4 cm³/mol. The minimum atomic E-state index is 0.789. The molecule has 1 nitrogen and oxygen atoms in total. The average molecular weight is 170 g/mol. The molecule has 0 aliphatic carbocycles. The third-order valence-electron chi connectivity index (χ3n) is 1.49. The monoisotopic (exact) mass is 169 g/mol. The van der Waals surface area contributed by atoms with E-state index in [4.69, 9.17) is 11.6 Å². The molecule has 0 bridgehead atoms. The van der Waals surface area contributed by atoms with Crippen molar-refractivity contribution in [2.45, 2.75) is 13.8 Å². The summed E-state index contributed by atoms with van der Waals surface area (Å²) in [5.41, 5.74) is 2.25. The van der Waals surface area contributed by atoms with Gasteiger partial charge >= 0.3 is 0 Å². The van der Waals surface area contributed by atoms with Crippen LogP contribution in [0.2, 0.25) is 5.02 Å². The number of hydrogen-bond donors (Lipinski definition) is 1. The van der Waals surface area contributed by atoms with E-state index in [1.807, 2.05) is 18.2 Å². The van der Waals surface area contributed by atoms with Gasteiger partial charge in [-0.2, -0.15) is 0 Å². The lowest BCUT2D eigenvalue weighted by Gasteiger charge is -2.05. The molecule has 0 amide bonds. The van der Waals surface area contributed by atoms with Gasteiger partial charge in [0, 0.05) is 6.54 Å². The first-order valence-corrected chi connectivity index (χ1v) is 4.12. The summed E-state index contributed by atoms with van der Waals surface area (Å²) in [5.74, 6) is 0. The van der Waals surface area contributed by atoms with E-state index in [2.05, 4.69) is 19.2 Å². The van der Waals surface area contributed by atoms with Crippen LogP contribution in [0.25, 0.3) is 0 Å². The number of halogens is 1. The number of anilines is 1. The fourth-order valence-electron chi connectivity index (χ4n) is 0.965. The van der Waals surface area contributed by atoms with Crippen molar-refractivity contribution in [3.05, 3.63) is 28.8 Å². The molecule has 1 rings (SSSR count). The summed E-state index contributed by atoms with van der Waals surface area (Å²) in [4.78, 5) is 0. The van der Waals surface area contributed by atoms with Crippen molar-refractivity contribution < 1.29 is 0 Å². The molecule has 11 heavy (non-hydrogen) atoms. The molecule has 60 valence electrons. The highest BCUT2D eigenvalue weighted by molar-refractivity contribution is 6.33. The van der Waals surface area contributed by atoms with Gasteiger partial charge in [0.15, 0.2) is 0 Å². The number of rotatable bonds is 2. The first-order chi connectivity index (χ1) is 5.24. The second-order valence-electron chi connectivity index (χ2n) is 2.51. The summed E-state index contributed by atoms with van der Waals surface area (Å²) in [6.07, 6.45) is 0. The smallest absolute Gasteiger partial charge is 0.0637 e. The Morgan fingerprint density at radius 1 is 1.45 bits per heavy atom. The predicted octanol–water partition coefficient (Wildman–Crippen LogP) is 3.08. The minimum absolute atomic E-state index is 0.789. The normalized spacial score (nSPS) is 9.73. The van der Waals surface area contributed by atoms with Crippen LogP contribution in [0.5, 0.6) is 0 Å². The molecule has 0 spiro atoms. The molecule has 1 aromatic rings. The van der Waals surface area contributed by atoms with Crippen LogP contribution in [-0.2, 0) is 0 Å². The van der Waals surface area contributed by atoms with Crippen molar-refractivity contribution in [3.63, 3.8) is 0 Å². The van der Waals surface area contributed by atoms with Gasteiger partial charge in [-0.15, -0.1) is 0 Å². The summed E-state index contributed by atoms with van der Waals surface area (Å²) < 4.78 is 0. The van der Waals surface area contributed by atoms with Gasteiger partial charge in [0.1, 0.15) is 0 Å². The summed E-state index contributed by atoms with van der Waals surface area (Å²) >= 11 is 5.91. The van der Waals surface area contributed by atoms with Crippen molar-refractivity contribution in [2.24, 2.45) is 0 Å². The summed E-state index contributed by atoms with van der Waals surface area (Å²) in [6, 6.07) is 5.96. The Hall–Kier alpha value is -0.690. The van der Waals surface area contributed by atoms with Crippen LogP contribution < -0.4 is 5.32 Å². The molecule has 0 heterocycles. The Labute approximate surface area is 72.4 Å². The van der Waals surface area contributed by atoms with Crippen molar-refractivity contribution in [1.82, 2.24) is 0 Å². The molecule has 0 radical (unpaired) electrons. The standard InChI is InChI=1S/C9H12ClN/c1-3-11-9-6-7(2)4-5-8(9)10/h4-6,11H,3H2,1-2H3. The van der Waals surface area contributed by atoms with E-state index >= 15 is 0 Å². The zero-order chi connectivity index (χ0) is 8.27. The zero-order valence-electron chi connectivity index (χ0n) is 6.82. The molecule has 0 aromatic heterocycles. The van der Waals surface area contributed by atoms with Gasteiger partial charge in [-0.1, -0.05) is 17.7 Å². The highest BCUT2D eigenvalue weighted by atomic mass is 35.5. The summed E-state index contributed by atoms with van der Waals surface area (Å²) in [5, 5.41) is 3.97. The van der Waals surface area contributed by atoms with E-state index < -0.39 is 0 Å². The highest BCUT2D eigenvalue weighted by Gasteiger charge is 1.96. The largest absolute Gasteiger partial charge is 0.384 e. The van der Waals surface area contributed by atoms with Gasteiger partial charge < -0.3 is 5.32 Å². The lowest BCUT2D eigenvalue weighted by atomic mass is 10.2. The molecule has 0 fully saturated rings. The lowest BCUT2D eigenvalue weighted by Crippen LogP contribution is -1.96. The SMILES string of the molecule is CCNc1cc(C)ccc1Cl. The van der Waals surface area contributed by atoms with E-state index in [9.17, 15) is 0 Å². The molecule has 1 aromatic carbocycles. The number of hydrogen-bond acceptors (Lipinski definition) is 1. The molecule has 0 saturated carbocycles. The van der Waals surface area contributed by atoms with E-state index in [0.29, 0.717) is 0 Å². The molecule has 0 unspecified atom stereocenters. The summed E-state index contributed by atoms with van der Waals surface area (Å²) in [7, 11) is 0. The maximum atomic E-state index is 5.91. The Morgan fingerprint density at radius 3 is 2.82 bits per heavy atom. The molecule has 2 heteroatoms. The average Bonchev–Trinajstić information content (AvgIpc) is 1.98. The lowest BCUT2D eigenvalue weighted by molar-refractivity contribution is 1.21. The van der Waals surface area contributed by atoms with Gasteiger partial charge in [-0.25, -0.2) is 0 Å². The van der Waals surface area contributed by atoms with Crippen LogP contribution in [-0.4, -0.2) is 6.54 Å². The van der Waals surface area contributed by atoms with Crippen LogP contribution in [0.15, 0.2) is 18.2 Å². The fraction of sp³-hybridized carbons (Fsp3) is 0.333. The second-order valence-corrected chi connectivity index (χ2v) is 2.92. The first-order valence-electron chi connectivity index (χ1n) is 3.74. The molecular formula is C9H12ClN. The Bertz CT molecular complexity index is 245. The fourth-order valence-corrected chi connectivity index (χ4v) is 1.15. The van der Waals surface area contributed by atoms with Gasteiger partial charge in [0.05, 0.1) is 10.7 Å². The first kappa shape index (κ1) is 8.41. The topological polar surface area (TPSA) is 12.0 Å². The molecule has 0 aliphatic rings. The van der Waals surface area contributed by atoms with Gasteiger partial charge in [-0.05, 0) is 31.5 Å². The van der Waals surface area contributed by atoms with E-state index in [1.54, 1.807) is 0 Å². The second kappa shape index (κ2) is 3.63. The van der Waals surface area contributed by atoms with Gasteiger partial charge in [0.25, 0.3) is 0 Å². The maximum Gasteiger partial charge on any atom is 0.0637 e. The number of nitrogens with one attached hydrogen (secondary N) is 1. The van der Waals surface area contributed by atoms with Crippen LogP contribution in [0.1, 0.15) is 12.5 Å². The molecule has 0 saturated heterocycles. The Kier molecular flexibility index (Phi) is 2.77. The van der Waals surface area contributed by atoms with Crippen molar-refractivity contribution >= 4 is 17.3 Å². The van der Waals surface area contributed by atoms with Crippen LogP contribution in [0.4, 0.5) is 5.69 Å². The molecular weight excluding hydrogens is 158 g/mol.